The van der Waals surface area contributed by atoms with Crippen LogP contribution in [0.15, 0.2) is 4.47 Å². The topological polar surface area (TPSA) is 50.2 Å². The van der Waals surface area contributed by atoms with E-state index in [9.17, 15) is 4.79 Å². The van der Waals surface area contributed by atoms with Crippen LogP contribution < -0.4 is 5.32 Å². The lowest BCUT2D eigenvalue weighted by molar-refractivity contribution is -0.122. The molecule has 1 aromatic heterocycles. The van der Waals surface area contributed by atoms with Gasteiger partial charge < -0.3 is 10.2 Å². The summed E-state index contributed by atoms with van der Waals surface area (Å²) >= 11 is 3.54. The Balaban J connectivity index is 2.42. The molecule has 1 N–H and O–H groups in total. The first-order chi connectivity index (χ1) is 12.9. The predicted octanol–water partition coefficient (Wildman–Crippen LogP) is 4.84. The Bertz CT molecular complexity index is 549. The molecule has 1 rings (SSSR count). The maximum atomic E-state index is 12.3. The van der Waals surface area contributed by atoms with E-state index in [1.807, 2.05) is 18.5 Å². The Morgan fingerprint density at radius 3 is 2.22 bits per heavy atom. The van der Waals surface area contributed by atoms with Crippen LogP contribution in [0, 0.1) is 13.8 Å². The smallest absolute Gasteiger partial charge is 0.222 e. The molecule has 1 atom stereocenters. The standard InChI is InChI=1S/C21H39BrN4O/c1-6-8-10-13-25(14-11-9-7-2)16-17(3)23-20(27)12-15-26-19(5)21(22)18(4)24-26/h17H,6-16H2,1-5H3,(H,23,27). The third-order valence-corrected chi connectivity index (χ3v) is 6.09. The van der Waals surface area contributed by atoms with E-state index in [0.29, 0.717) is 13.0 Å². The van der Waals surface area contributed by atoms with E-state index in [4.69, 9.17) is 0 Å². The van der Waals surface area contributed by atoms with E-state index in [0.717, 1.165) is 35.5 Å². The second kappa shape index (κ2) is 13.3. The van der Waals surface area contributed by atoms with Gasteiger partial charge in [-0.2, -0.15) is 5.10 Å². The van der Waals surface area contributed by atoms with E-state index < -0.39 is 0 Å². The quantitative estimate of drug-likeness (QED) is 0.419. The van der Waals surface area contributed by atoms with Gasteiger partial charge in [-0.25, -0.2) is 0 Å². The van der Waals surface area contributed by atoms with Crippen LogP contribution in [0.4, 0.5) is 0 Å². The van der Waals surface area contributed by atoms with Gasteiger partial charge in [-0.15, -0.1) is 0 Å². The summed E-state index contributed by atoms with van der Waals surface area (Å²) in [5, 5.41) is 7.64. The van der Waals surface area contributed by atoms with Crippen molar-refractivity contribution in [1.29, 1.82) is 0 Å². The second-order valence-electron chi connectivity index (χ2n) is 7.64. The number of aryl methyl sites for hydroxylation is 2. The highest BCUT2D eigenvalue weighted by Gasteiger charge is 2.14. The molecular weight excluding hydrogens is 404 g/mol. The normalized spacial score (nSPS) is 12.6. The minimum atomic E-state index is 0.105. The number of halogens is 1. The number of nitrogens with zero attached hydrogens (tertiary/aromatic N) is 3. The highest BCUT2D eigenvalue weighted by atomic mass is 79.9. The maximum Gasteiger partial charge on any atom is 0.222 e. The second-order valence-corrected chi connectivity index (χ2v) is 8.43. The Morgan fingerprint density at radius 1 is 1.15 bits per heavy atom. The number of amides is 1. The Morgan fingerprint density at radius 2 is 1.74 bits per heavy atom. The van der Waals surface area contributed by atoms with Crippen molar-refractivity contribution in [2.45, 2.75) is 92.2 Å². The molecule has 0 aliphatic rings. The lowest BCUT2D eigenvalue weighted by Crippen LogP contribution is -2.43. The van der Waals surface area contributed by atoms with Crippen LogP contribution in [0.1, 0.15) is 77.1 Å². The van der Waals surface area contributed by atoms with Crippen molar-refractivity contribution in [1.82, 2.24) is 20.0 Å². The lowest BCUT2D eigenvalue weighted by atomic mass is 10.2. The van der Waals surface area contributed by atoms with Crippen molar-refractivity contribution < 1.29 is 4.79 Å². The van der Waals surface area contributed by atoms with Crippen molar-refractivity contribution in [2.75, 3.05) is 19.6 Å². The first-order valence-electron chi connectivity index (χ1n) is 10.6. The molecule has 27 heavy (non-hydrogen) atoms. The van der Waals surface area contributed by atoms with Gasteiger partial charge in [-0.1, -0.05) is 39.5 Å². The largest absolute Gasteiger partial charge is 0.352 e. The monoisotopic (exact) mass is 442 g/mol. The average molecular weight is 443 g/mol. The molecule has 1 heterocycles. The molecule has 0 aromatic carbocycles. The predicted molar refractivity (Wildman–Crippen MR) is 117 cm³/mol. The van der Waals surface area contributed by atoms with E-state index in [-0.39, 0.29) is 11.9 Å². The van der Waals surface area contributed by atoms with Crippen LogP contribution >= 0.6 is 15.9 Å². The summed E-state index contributed by atoms with van der Waals surface area (Å²) in [5.41, 5.74) is 2.04. The van der Waals surface area contributed by atoms with Crippen molar-refractivity contribution in [2.24, 2.45) is 0 Å². The fourth-order valence-electron chi connectivity index (χ4n) is 3.35. The van der Waals surface area contributed by atoms with Gasteiger partial charge in [0.05, 0.1) is 16.7 Å². The number of hydrogen-bond acceptors (Lipinski definition) is 3. The lowest BCUT2D eigenvalue weighted by Gasteiger charge is -2.26. The number of hydrogen-bond donors (Lipinski definition) is 1. The molecule has 0 aliphatic carbocycles. The molecular formula is C21H39BrN4O. The van der Waals surface area contributed by atoms with Gasteiger partial charge in [0.2, 0.25) is 5.91 Å². The number of carbonyl (C=O) groups is 1. The molecule has 0 bridgehead atoms. The molecule has 1 aromatic rings. The number of nitrogens with one attached hydrogen (secondary N) is 1. The van der Waals surface area contributed by atoms with Crippen molar-refractivity contribution >= 4 is 21.8 Å². The highest BCUT2D eigenvalue weighted by Crippen LogP contribution is 2.19. The van der Waals surface area contributed by atoms with E-state index >= 15 is 0 Å². The first kappa shape index (κ1) is 24.2. The Kier molecular flexibility index (Phi) is 11.9. The average Bonchev–Trinajstić information content (AvgIpc) is 2.87. The molecule has 0 saturated carbocycles. The first-order valence-corrected chi connectivity index (χ1v) is 11.4. The van der Waals surface area contributed by atoms with Crippen molar-refractivity contribution in [3.8, 4) is 0 Å². The van der Waals surface area contributed by atoms with Crippen LogP contribution in [-0.4, -0.2) is 46.3 Å². The fraction of sp³-hybridized carbons (Fsp3) is 0.810. The van der Waals surface area contributed by atoms with Crippen molar-refractivity contribution in [3.63, 3.8) is 0 Å². The van der Waals surface area contributed by atoms with Gasteiger partial charge in [0.1, 0.15) is 0 Å². The van der Waals surface area contributed by atoms with Crippen LogP contribution in [0.5, 0.6) is 0 Å². The van der Waals surface area contributed by atoms with E-state index in [1.54, 1.807) is 0 Å². The number of unbranched alkanes of at least 4 members (excludes halogenated alkanes) is 4. The zero-order chi connectivity index (χ0) is 20.2. The van der Waals surface area contributed by atoms with Gasteiger partial charge in [0.25, 0.3) is 0 Å². The van der Waals surface area contributed by atoms with E-state index in [1.165, 1.54) is 38.5 Å². The van der Waals surface area contributed by atoms with Crippen LogP contribution in [0.2, 0.25) is 0 Å². The van der Waals surface area contributed by atoms with E-state index in [2.05, 4.69) is 52.0 Å². The zero-order valence-corrected chi connectivity index (χ0v) is 19.6. The van der Waals surface area contributed by atoms with Gasteiger partial charge >= 0.3 is 0 Å². The molecule has 1 unspecified atom stereocenters. The van der Waals surface area contributed by atoms with Crippen LogP contribution in [0.25, 0.3) is 0 Å². The zero-order valence-electron chi connectivity index (χ0n) is 18.0. The van der Waals surface area contributed by atoms with Crippen molar-refractivity contribution in [3.05, 3.63) is 15.9 Å². The summed E-state index contributed by atoms with van der Waals surface area (Å²) in [6.07, 6.45) is 8.01. The summed E-state index contributed by atoms with van der Waals surface area (Å²) in [6.45, 7) is 14.4. The summed E-state index contributed by atoms with van der Waals surface area (Å²) < 4.78 is 2.94. The van der Waals surface area contributed by atoms with Crippen LogP contribution in [0.3, 0.4) is 0 Å². The minimum Gasteiger partial charge on any atom is -0.352 e. The summed E-state index contributed by atoms with van der Waals surface area (Å²) in [5.74, 6) is 0.105. The van der Waals surface area contributed by atoms with Gasteiger partial charge in [0.15, 0.2) is 0 Å². The Labute approximate surface area is 174 Å². The third-order valence-electron chi connectivity index (χ3n) is 4.94. The number of carbonyl (C=O) groups excluding carboxylic acids is 1. The third kappa shape index (κ3) is 9.24. The number of aromatic nitrogens is 2. The molecule has 156 valence electrons. The fourth-order valence-corrected chi connectivity index (χ4v) is 3.63. The summed E-state index contributed by atoms with van der Waals surface area (Å²) in [7, 11) is 0. The molecule has 0 spiro atoms. The highest BCUT2D eigenvalue weighted by molar-refractivity contribution is 9.10. The van der Waals surface area contributed by atoms with Gasteiger partial charge in [-0.3, -0.25) is 9.48 Å². The SMILES string of the molecule is CCCCCN(CCCCC)CC(C)NC(=O)CCn1nc(C)c(Br)c1C. The number of rotatable bonds is 14. The molecule has 5 nitrogen and oxygen atoms in total. The summed E-state index contributed by atoms with van der Waals surface area (Å²) in [6, 6.07) is 0.174. The molecule has 0 radical (unpaired) electrons. The Hall–Kier alpha value is -0.880. The van der Waals surface area contributed by atoms with Crippen LogP contribution in [-0.2, 0) is 11.3 Å². The van der Waals surface area contributed by atoms with Gasteiger partial charge in [0, 0.05) is 24.7 Å². The maximum absolute atomic E-state index is 12.3. The molecule has 0 saturated heterocycles. The molecule has 1 amide bonds. The summed E-state index contributed by atoms with van der Waals surface area (Å²) in [4.78, 5) is 14.9. The van der Waals surface area contributed by atoms with Gasteiger partial charge in [-0.05, 0) is 62.6 Å². The minimum absolute atomic E-state index is 0.105. The molecule has 0 fully saturated rings. The molecule has 6 heteroatoms. The molecule has 0 aliphatic heterocycles.